The number of benzene rings is 1. The number of aryl methyl sites for hydroxylation is 1. The largest absolute Gasteiger partial charge is 0.497 e. The first-order chi connectivity index (χ1) is 14.4. The van der Waals surface area contributed by atoms with Crippen LogP contribution < -0.4 is 9.47 Å². The molecular weight excluding hydrogens is 404 g/mol. The lowest BCUT2D eigenvalue weighted by molar-refractivity contribution is -0.129. The molecule has 3 heterocycles. The third-order valence-electron chi connectivity index (χ3n) is 5.85. The number of halogens is 1. The van der Waals surface area contributed by atoms with Crippen molar-refractivity contribution in [3.05, 3.63) is 47.4 Å². The Morgan fingerprint density at radius 1 is 1.23 bits per heavy atom. The van der Waals surface area contributed by atoms with Crippen molar-refractivity contribution in [1.29, 1.82) is 0 Å². The molecule has 0 radical (unpaired) electrons. The molecule has 1 aliphatic rings. The predicted molar refractivity (Wildman–Crippen MR) is 115 cm³/mol. The number of nitrogens with zero attached hydrogens (tertiary/aromatic N) is 4. The first-order valence-electron chi connectivity index (χ1n) is 9.95. The number of carbonyl (C=O) groups excluding carboxylic acids is 1. The molecule has 0 aliphatic carbocycles. The number of amides is 1. The number of carbonyl (C=O) groups is 1. The normalized spacial score (nSPS) is 18.6. The molecule has 1 saturated heterocycles. The predicted octanol–water partition coefficient (Wildman–Crippen LogP) is 4.01. The first-order valence-corrected chi connectivity index (χ1v) is 10.3. The second-order valence-corrected chi connectivity index (χ2v) is 8.14. The molecule has 1 fully saturated rings. The van der Waals surface area contributed by atoms with Crippen molar-refractivity contribution in [1.82, 2.24) is 19.4 Å². The van der Waals surface area contributed by atoms with Gasteiger partial charge in [-0.3, -0.25) is 4.79 Å². The quantitative estimate of drug-likeness (QED) is 0.555. The Morgan fingerprint density at radius 3 is 2.67 bits per heavy atom. The van der Waals surface area contributed by atoms with Crippen LogP contribution in [0.5, 0.6) is 11.6 Å². The Kier molecular flexibility index (Phi) is 5.56. The van der Waals surface area contributed by atoms with E-state index in [9.17, 15) is 4.79 Å². The van der Waals surface area contributed by atoms with Gasteiger partial charge in [0, 0.05) is 32.0 Å². The van der Waals surface area contributed by atoms with Crippen molar-refractivity contribution in [3.8, 4) is 11.6 Å². The summed E-state index contributed by atoms with van der Waals surface area (Å²) < 4.78 is 13.3. The molecule has 1 aliphatic heterocycles. The smallest absolute Gasteiger partial charge is 0.241 e. The van der Waals surface area contributed by atoms with Crippen LogP contribution in [-0.2, 0) is 11.8 Å². The van der Waals surface area contributed by atoms with E-state index in [1.165, 1.54) is 0 Å². The molecule has 0 spiro atoms. The van der Waals surface area contributed by atoms with E-state index in [0.717, 1.165) is 22.3 Å². The first kappa shape index (κ1) is 20.5. The van der Waals surface area contributed by atoms with Crippen molar-refractivity contribution in [2.24, 2.45) is 13.0 Å². The number of imidazole rings is 1. The zero-order valence-corrected chi connectivity index (χ0v) is 18.3. The molecule has 8 heteroatoms. The van der Waals surface area contributed by atoms with Gasteiger partial charge in [-0.1, -0.05) is 23.7 Å². The fraction of sp³-hybridized carbons (Fsp3) is 0.409. The van der Waals surface area contributed by atoms with Gasteiger partial charge in [-0.25, -0.2) is 4.98 Å². The topological polar surface area (TPSA) is 69.5 Å². The molecule has 3 atom stereocenters. The highest BCUT2D eigenvalue weighted by Crippen LogP contribution is 2.33. The van der Waals surface area contributed by atoms with E-state index in [1.54, 1.807) is 19.5 Å². The van der Waals surface area contributed by atoms with Gasteiger partial charge in [-0.2, -0.15) is 4.98 Å². The Labute approximate surface area is 180 Å². The van der Waals surface area contributed by atoms with Gasteiger partial charge < -0.3 is 18.9 Å². The molecule has 4 rings (SSSR count). The molecule has 0 saturated carbocycles. The van der Waals surface area contributed by atoms with Gasteiger partial charge >= 0.3 is 0 Å². The molecule has 158 valence electrons. The fourth-order valence-electron chi connectivity index (χ4n) is 3.98. The van der Waals surface area contributed by atoms with Crippen LogP contribution >= 0.6 is 11.6 Å². The lowest BCUT2D eigenvalue weighted by Crippen LogP contribution is -2.31. The van der Waals surface area contributed by atoms with E-state index in [2.05, 4.69) is 9.97 Å². The Morgan fingerprint density at radius 2 is 1.97 bits per heavy atom. The minimum absolute atomic E-state index is 0.0197. The SMILES string of the molecule is COc1ccc([C@@H](C)N2C[C@H]([C@@H](C)Oc3nc(Cl)cc4ncn(C)c34)CC2=O)cc1. The van der Waals surface area contributed by atoms with Crippen LogP contribution in [0.15, 0.2) is 36.7 Å². The third-order valence-corrected chi connectivity index (χ3v) is 6.04. The Hall–Kier alpha value is -2.80. The van der Waals surface area contributed by atoms with E-state index in [0.29, 0.717) is 24.0 Å². The lowest BCUT2D eigenvalue weighted by atomic mass is 10.0. The van der Waals surface area contributed by atoms with E-state index in [1.807, 2.05) is 54.6 Å². The number of ether oxygens (including phenoxy) is 2. The number of pyridine rings is 1. The summed E-state index contributed by atoms with van der Waals surface area (Å²) in [4.78, 5) is 23.3. The highest BCUT2D eigenvalue weighted by atomic mass is 35.5. The summed E-state index contributed by atoms with van der Waals surface area (Å²) in [7, 11) is 3.53. The van der Waals surface area contributed by atoms with E-state index < -0.39 is 0 Å². The molecule has 2 aromatic heterocycles. The van der Waals surface area contributed by atoms with Gasteiger partial charge in [0.15, 0.2) is 0 Å². The van der Waals surface area contributed by atoms with Crippen LogP contribution in [0.1, 0.15) is 31.9 Å². The highest BCUT2D eigenvalue weighted by Gasteiger charge is 2.37. The molecule has 3 aromatic rings. The number of methoxy groups -OCH3 is 1. The average molecular weight is 429 g/mol. The van der Waals surface area contributed by atoms with E-state index in [4.69, 9.17) is 21.1 Å². The van der Waals surface area contributed by atoms with Gasteiger partial charge in [0.2, 0.25) is 11.8 Å². The van der Waals surface area contributed by atoms with Gasteiger partial charge in [0.25, 0.3) is 0 Å². The average Bonchev–Trinajstić information content (AvgIpc) is 3.30. The molecule has 0 unspecified atom stereocenters. The number of fused-ring (bicyclic) bond motifs is 1. The summed E-state index contributed by atoms with van der Waals surface area (Å²) >= 11 is 6.14. The van der Waals surface area contributed by atoms with Gasteiger partial charge in [0.1, 0.15) is 22.5 Å². The summed E-state index contributed by atoms with van der Waals surface area (Å²) in [5, 5.41) is 0.334. The van der Waals surface area contributed by atoms with E-state index in [-0.39, 0.29) is 24.0 Å². The van der Waals surface area contributed by atoms with Crippen molar-refractivity contribution in [3.63, 3.8) is 0 Å². The summed E-state index contributed by atoms with van der Waals surface area (Å²) in [6, 6.07) is 9.52. The van der Waals surface area contributed by atoms with Crippen molar-refractivity contribution >= 4 is 28.5 Å². The van der Waals surface area contributed by atoms with Crippen molar-refractivity contribution in [2.45, 2.75) is 32.4 Å². The number of hydrogen-bond acceptors (Lipinski definition) is 5. The Balaban J connectivity index is 1.49. The second kappa shape index (κ2) is 8.14. The van der Waals surface area contributed by atoms with Crippen molar-refractivity contribution in [2.75, 3.05) is 13.7 Å². The van der Waals surface area contributed by atoms with Crippen LogP contribution in [0, 0.1) is 5.92 Å². The zero-order valence-electron chi connectivity index (χ0n) is 17.5. The van der Waals surface area contributed by atoms with Gasteiger partial charge in [-0.05, 0) is 31.5 Å². The maximum atomic E-state index is 12.8. The summed E-state index contributed by atoms with van der Waals surface area (Å²) in [5.41, 5.74) is 2.60. The van der Waals surface area contributed by atoms with Crippen LogP contribution in [0.3, 0.4) is 0 Å². The third kappa shape index (κ3) is 3.81. The number of aromatic nitrogens is 3. The van der Waals surface area contributed by atoms with Crippen LogP contribution in [0.2, 0.25) is 5.15 Å². The summed E-state index contributed by atoms with van der Waals surface area (Å²) in [5.74, 6) is 1.43. The van der Waals surface area contributed by atoms with E-state index >= 15 is 0 Å². The Bertz CT molecular complexity index is 1070. The molecule has 7 nitrogen and oxygen atoms in total. The number of hydrogen-bond donors (Lipinski definition) is 0. The number of likely N-dealkylation sites (tertiary alicyclic amines) is 1. The maximum Gasteiger partial charge on any atom is 0.241 e. The standard InChI is InChI=1S/C22H25ClN4O3/c1-13(15-5-7-17(29-4)8-6-15)27-11-16(9-20(27)28)14(2)30-22-21-18(10-19(23)25-22)24-12-26(21)3/h5-8,10,12-14,16H,9,11H2,1-4H3/t13-,14-,16-/m1/s1. The minimum atomic E-state index is -0.203. The maximum absolute atomic E-state index is 12.8. The highest BCUT2D eigenvalue weighted by molar-refractivity contribution is 6.30. The molecular formula is C22H25ClN4O3. The zero-order chi connectivity index (χ0) is 21.4. The second-order valence-electron chi connectivity index (χ2n) is 7.76. The van der Waals surface area contributed by atoms with Crippen molar-refractivity contribution < 1.29 is 14.3 Å². The summed E-state index contributed by atoms with van der Waals surface area (Å²) in [6.45, 7) is 4.65. The van der Waals surface area contributed by atoms with Gasteiger partial charge in [-0.15, -0.1) is 0 Å². The van der Waals surface area contributed by atoms with Gasteiger partial charge in [0.05, 0.1) is 25.0 Å². The lowest BCUT2D eigenvalue weighted by Gasteiger charge is -2.26. The molecule has 30 heavy (non-hydrogen) atoms. The minimum Gasteiger partial charge on any atom is -0.497 e. The molecule has 0 N–H and O–H groups in total. The van der Waals surface area contributed by atoms with Crippen LogP contribution in [0.4, 0.5) is 0 Å². The summed E-state index contributed by atoms with van der Waals surface area (Å²) in [6.07, 6.45) is 1.94. The molecule has 0 bridgehead atoms. The number of rotatable bonds is 6. The van der Waals surface area contributed by atoms with Crippen LogP contribution in [0.25, 0.3) is 11.0 Å². The monoisotopic (exact) mass is 428 g/mol. The van der Waals surface area contributed by atoms with Crippen LogP contribution in [-0.4, -0.2) is 45.1 Å². The molecule has 1 amide bonds. The fourth-order valence-corrected chi connectivity index (χ4v) is 4.16. The molecule has 1 aromatic carbocycles.